The molecule has 0 spiro atoms. The van der Waals surface area contributed by atoms with Gasteiger partial charge in [0.15, 0.2) is 0 Å². The van der Waals surface area contributed by atoms with Crippen molar-refractivity contribution in [3.05, 3.63) is 0 Å². The topological polar surface area (TPSA) is 26.3 Å². The van der Waals surface area contributed by atoms with Crippen LogP contribution < -0.4 is 0 Å². The molecule has 0 aromatic rings. The Kier molecular flexibility index (Phi) is 6.17. The van der Waals surface area contributed by atoms with Crippen LogP contribution in [0.2, 0.25) is 0 Å². The molecule has 18 heavy (non-hydrogen) atoms. The van der Waals surface area contributed by atoms with Crippen molar-refractivity contribution in [2.24, 2.45) is 23.7 Å². The second-order valence-corrected chi connectivity index (χ2v) is 6.57. The third kappa shape index (κ3) is 4.62. The van der Waals surface area contributed by atoms with Crippen molar-refractivity contribution in [2.45, 2.75) is 72.8 Å². The highest BCUT2D eigenvalue weighted by atomic mass is 16.5. The summed E-state index contributed by atoms with van der Waals surface area (Å²) in [6, 6.07) is 0. The molecule has 1 saturated carbocycles. The molecule has 0 bridgehead atoms. The number of rotatable bonds is 5. The first kappa shape index (κ1) is 15.5. The van der Waals surface area contributed by atoms with Gasteiger partial charge < -0.3 is 4.74 Å². The van der Waals surface area contributed by atoms with Gasteiger partial charge in [0.25, 0.3) is 0 Å². The Balaban J connectivity index is 2.52. The first-order valence-electron chi connectivity index (χ1n) is 7.63. The standard InChI is InChI=1S/C16H30O2/c1-6-12(4)10-16(17)18-15-9-13(5)7-8-14(15)11(2)3/h11-15H,6-10H2,1-5H3. The van der Waals surface area contributed by atoms with Crippen LogP contribution in [0.4, 0.5) is 0 Å². The van der Waals surface area contributed by atoms with Crippen LogP contribution in [0, 0.1) is 23.7 Å². The number of carbonyl (C=O) groups excluding carboxylic acids is 1. The fourth-order valence-corrected chi connectivity index (χ4v) is 2.90. The minimum Gasteiger partial charge on any atom is -0.462 e. The van der Waals surface area contributed by atoms with E-state index in [1.165, 1.54) is 12.8 Å². The van der Waals surface area contributed by atoms with Gasteiger partial charge in [0.05, 0.1) is 0 Å². The van der Waals surface area contributed by atoms with E-state index in [-0.39, 0.29) is 12.1 Å². The molecule has 4 atom stereocenters. The molecule has 0 radical (unpaired) electrons. The second-order valence-electron chi connectivity index (χ2n) is 6.57. The molecule has 0 heterocycles. The van der Waals surface area contributed by atoms with E-state index < -0.39 is 0 Å². The van der Waals surface area contributed by atoms with Crippen LogP contribution in [-0.2, 0) is 9.53 Å². The smallest absolute Gasteiger partial charge is 0.306 e. The Morgan fingerprint density at radius 2 is 1.94 bits per heavy atom. The van der Waals surface area contributed by atoms with Gasteiger partial charge in [-0.15, -0.1) is 0 Å². The van der Waals surface area contributed by atoms with Crippen LogP contribution in [-0.4, -0.2) is 12.1 Å². The molecule has 1 aliphatic carbocycles. The molecule has 1 rings (SSSR count). The van der Waals surface area contributed by atoms with Crippen LogP contribution in [0.25, 0.3) is 0 Å². The van der Waals surface area contributed by atoms with Gasteiger partial charge in [0.2, 0.25) is 0 Å². The maximum atomic E-state index is 11.9. The van der Waals surface area contributed by atoms with Crippen LogP contribution in [0.1, 0.15) is 66.7 Å². The molecule has 0 aromatic heterocycles. The maximum Gasteiger partial charge on any atom is 0.306 e. The average molecular weight is 254 g/mol. The van der Waals surface area contributed by atoms with Gasteiger partial charge in [0.1, 0.15) is 6.10 Å². The summed E-state index contributed by atoms with van der Waals surface area (Å²) in [6.45, 7) is 11.0. The molecule has 1 aliphatic rings. The summed E-state index contributed by atoms with van der Waals surface area (Å²) in [6.07, 6.45) is 5.32. The molecule has 2 nitrogen and oxygen atoms in total. The molecule has 4 unspecified atom stereocenters. The largest absolute Gasteiger partial charge is 0.462 e. The van der Waals surface area contributed by atoms with Crippen LogP contribution in [0.15, 0.2) is 0 Å². The quantitative estimate of drug-likeness (QED) is 0.679. The Labute approximate surface area is 112 Å². The lowest BCUT2D eigenvalue weighted by Crippen LogP contribution is -2.36. The lowest BCUT2D eigenvalue weighted by Gasteiger charge is -2.36. The number of carbonyl (C=O) groups is 1. The van der Waals surface area contributed by atoms with Gasteiger partial charge in [-0.05, 0) is 36.5 Å². The molecule has 0 aliphatic heterocycles. The van der Waals surface area contributed by atoms with Crippen LogP contribution >= 0.6 is 0 Å². The second kappa shape index (κ2) is 7.16. The van der Waals surface area contributed by atoms with Crippen LogP contribution in [0.3, 0.4) is 0 Å². The van der Waals surface area contributed by atoms with Gasteiger partial charge in [0, 0.05) is 6.42 Å². The molecular formula is C16H30O2. The van der Waals surface area contributed by atoms with E-state index in [0.29, 0.717) is 30.1 Å². The summed E-state index contributed by atoms with van der Waals surface area (Å²) in [7, 11) is 0. The fourth-order valence-electron chi connectivity index (χ4n) is 2.90. The van der Waals surface area contributed by atoms with Crippen molar-refractivity contribution >= 4 is 5.97 Å². The molecule has 0 amide bonds. The number of hydrogen-bond acceptors (Lipinski definition) is 2. The summed E-state index contributed by atoms with van der Waals surface area (Å²) in [5, 5.41) is 0. The predicted octanol–water partition coefficient (Wildman–Crippen LogP) is 4.43. The first-order valence-corrected chi connectivity index (χ1v) is 7.63. The van der Waals surface area contributed by atoms with E-state index in [4.69, 9.17) is 4.74 Å². The Morgan fingerprint density at radius 3 is 2.50 bits per heavy atom. The van der Waals surface area contributed by atoms with E-state index in [0.717, 1.165) is 12.8 Å². The Hall–Kier alpha value is -0.530. The maximum absolute atomic E-state index is 11.9. The van der Waals surface area contributed by atoms with Crippen molar-refractivity contribution < 1.29 is 9.53 Å². The van der Waals surface area contributed by atoms with E-state index in [1.807, 2.05) is 0 Å². The highest BCUT2D eigenvalue weighted by Crippen LogP contribution is 2.35. The minimum absolute atomic E-state index is 0.00843. The molecular weight excluding hydrogens is 224 g/mol. The molecule has 2 heteroatoms. The van der Waals surface area contributed by atoms with Crippen molar-refractivity contribution in [3.8, 4) is 0 Å². The molecule has 1 fully saturated rings. The van der Waals surface area contributed by atoms with Crippen molar-refractivity contribution in [2.75, 3.05) is 0 Å². The zero-order valence-electron chi connectivity index (χ0n) is 12.7. The Morgan fingerprint density at radius 1 is 1.28 bits per heavy atom. The van der Waals surface area contributed by atoms with Gasteiger partial charge in [-0.3, -0.25) is 4.79 Å². The zero-order chi connectivity index (χ0) is 13.7. The monoisotopic (exact) mass is 254 g/mol. The van der Waals surface area contributed by atoms with Gasteiger partial charge in [-0.2, -0.15) is 0 Å². The fraction of sp³-hybridized carbons (Fsp3) is 0.938. The van der Waals surface area contributed by atoms with Gasteiger partial charge in [-0.1, -0.05) is 47.5 Å². The average Bonchev–Trinajstić information content (AvgIpc) is 2.28. The summed E-state index contributed by atoms with van der Waals surface area (Å²) < 4.78 is 5.77. The number of esters is 1. The lowest BCUT2D eigenvalue weighted by molar-refractivity contribution is -0.156. The van der Waals surface area contributed by atoms with E-state index in [2.05, 4.69) is 34.6 Å². The van der Waals surface area contributed by atoms with Crippen molar-refractivity contribution in [1.82, 2.24) is 0 Å². The summed E-state index contributed by atoms with van der Waals surface area (Å²) in [5.41, 5.74) is 0. The predicted molar refractivity (Wildman–Crippen MR) is 75.3 cm³/mol. The van der Waals surface area contributed by atoms with Crippen molar-refractivity contribution in [1.29, 1.82) is 0 Å². The van der Waals surface area contributed by atoms with Crippen molar-refractivity contribution in [3.63, 3.8) is 0 Å². The molecule has 0 saturated heterocycles. The van der Waals surface area contributed by atoms with E-state index in [1.54, 1.807) is 0 Å². The highest BCUT2D eigenvalue weighted by molar-refractivity contribution is 5.69. The zero-order valence-corrected chi connectivity index (χ0v) is 12.7. The number of ether oxygens (including phenoxy) is 1. The van der Waals surface area contributed by atoms with Gasteiger partial charge in [-0.25, -0.2) is 0 Å². The van der Waals surface area contributed by atoms with Gasteiger partial charge >= 0.3 is 5.97 Å². The first-order chi connectivity index (χ1) is 8.43. The molecule has 0 aromatic carbocycles. The summed E-state index contributed by atoms with van der Waals surface area (Å²) in [5.74, 6) is 2.31. The third-order valence-electron chi connectivity index (χ3n) is 4.46. The normalized spacial score (nSPS) is 30.2. The third-order valence-corrected chi connectivity index (χ3v) is 4.46. The highest BCUT2D eigenvalue weighted by Gasteiger charge is 2.33. The SMILES string of the molecule is CCC(C)CC(=O)OC1CC(C)CCC1C(C)C. The Bertz CT molecular complexity index is 260. The minimum atomic E-state index is 0.00843. The lowest BCUT2D eigenvalue weighted by atomic mass is 9.75. The van der Waals surface area contributed by atoms with E-state index in [9.17, 15) is 4.79 Å². The molecule has 0 N–H and O–H groups in total. The summed E-state index contributed by atoms with van der Waals surface area (Å²) in [4.78, 5) is 11.9. The van der Waals surface area contributed by atoms with E-state index >= 15 is 0 Å². The molecule has 106 valence electrons. The van der Waals surface area contributed by atoms with Crippen LogP contribution in [0.5, 0.6) is 0 Å². The number of hydrogen-bond donors (Lipinski definition) is 0. The summed E-state index contributed by atoms with van der Waals surface area (Å²) >= 11 is 0.